The molecule has 0 saturated heterocycles. The molecule has 0 aliphatic heterocycles. The van der Waals surface area contributed by atoms with E-state index in [1.807, 2.05) is 0 Å². The van der Waals surface area contributed by atoms with Crippen molar-refractivity contribution in [1.29, 1.82) is 0 Å². The van der Waals surface area contributed by atoms with Crippen LogP contribution in [0.1, 0.15) is 0 Å². The fourth-order valence-electron chi connectivity index (χ4n) is 0.774. The molecule has 0 spiro atoms. The molecule has 4 heteroatoms. The van der Waals surface area contributed by atoms with Crippen molar-refractivity contribution in [3.8, 4) is 5.75 Å². The van der Waals surface area contributed by atoms with Crippen LogP contribution in [-0.2, 0) is 0 Å². The van der Waals surface area contributed by atoms with E-state index in [2.05, 4.69) is 4.74 Å². The van der Waals surface area contributed by atoms with Gasteiger partial charge >= 0.3 is 0 Å². The van der Waals surface area contributed by atoms with Gasteiger partial charge in [0.2, 0.25) is 0 Å². The lowest BCUT2D eigenvalue weighted by molar-refractivity contribution is 0.360. The Morgan fingerprint density at radius 1 is 1.27 bits per heavy atom. The van der Waals surface area contributed by atoms with E-state index in [-0.39, 0.29) is 5.46 Å². The zero-order valence-electron chi connectivity index (χ0n) is 5.90. The van der Waals surface area contributed by atoms with Crippen LogP contribution in [0.5, 0.6) is 5.75 Å². The highest BCUT2D eigenvalue weighted by molar-refractivity contribution is 6.32. The number of ether oxygens (including phenoxy) is 1. The van der Waals surface area contributed by atoms with Crippen molar-refractivity contribution >= 4 is 13.3 Å². The lowest BCUT2D eigenvalue weighted by atomic mass is 9.96. The molecule has 0 amide bonds. The second kappa shape index (κ2) is 2.90. The minimum absolute atomic E-state index is 0.0424. The van der Waals surface area contributed by atoms with E-state index >= 15 is 0 Å². The van der Waals surface area contributed by atoms with Crippen molar-refractivity contribution < 1.29 is 13.5 Å². The Bertz CT molecular complexity index is 252. The van der Waals surface area contributed by atoms with E-state index in [0.29, 0.717) is 0 Å². The van der Waals surface area contributed by atoms with Gasteiger partial charge in [-0.2, -0.15) is 0 Å². The first-order valence-corrected chi connectivity index (χ1v) is 2.93. The van der Waals surface area contributed by atoms with Crippen molar-refractivity contribution in [2.24, 2.45) is 0 Å². The molecule has 1 aromatic carbocycles. The molecular formula is C7H5BF2O-. The van der Waals surface area contributed by atoms with Crippen molar-refractivity contribution in [3.63, 3.8) is 0 Å². The number of methoxy groups -OCH3 is 1. The lowest BCUT2D eigenvalue weighted by Gasteiger charge is -2.09. The average molecular weight is 154 g/mol. The summed E-state index contributed by atoms with van der Waals surface area (Å²) < 4.78 is 29.8. The highest BCUT2D eigenvalue weighted by Crippen LogP contribution is 2.18. The van der Waals surface area contributed by atoms with Crippen molar-refractivity contribution in [2.45, 2.75) is 0 Å². The van der Waals surface area contributed by atoms with Gasteiger partial charge in [0.05, 0.1) is 7.11 Å². The molecule has 0 heterocycles. The average Bonchev–Trinajstić information content (AvgIpc) is 1.85. The molecule has 0 bridgehead atoms. The molecular weight excluding hydrogens is 149 g/mol. The van der Waals surface area contributed by atoms with Crippen molar-refractivity contribution in [1.82, 2.24) is 0 Å². The highest BCUT2D eigenvalue weighted by Gasteiger charge is 2.05. The van der Waals surface area contributed by atoms with E-state index in [4.69, 9.17) is 7.85 Å². The SMILES string of the molecule is [B-]c1cc(F)c(OC)c(F)c1. The van der Waals surface area contributed by atoms with Gasteiger partial charge in [0.1, 0.15) is 0 Å². The molecule has 1 aromatic rings. The smallest absolute Gasteiger partial charge is 0.190 e. The number of benzene rings is 1. The monoisotopic (exact) mass is 154 g/mol. The van der Waals surface area contributed by atoms with Crippen LogP contribution in [0.4, 0.5) is 8.78 Å². The van der Waals surface area contributed by atoms with Gasteiger partial charge in [-0.05, 0) is 0 Å². The zero-order chi connectivity index (χ0) is 8.43. The Balaban J connectivity index is 3.25. The predicted octanol–water partition coefficient (Wildman–Crippen LogP) is 0.767. The first kappa shape index (κ1) is 8.05. The summed E-state index contributed by atoms with van der Waals surface area (Å²) in [6.45, 7) is 0. The van der Waals surface area contributed by atoms with Crippen molar-refractivity contribution in [2.75, 3.05) is 7.11 Å². The first-order chi connectivity index (χ1) is 5.15. The van der Waals surface area contributed by atoms with E-state index < -0.39 is 17.4 Å². The Kier molecular flexibility index (Phi) is 2.12. The first-order valence-electron chi connectivity index (χ1n) is 2.93. The van der Waals surface area contributed by atoms with Gasteiger partial charge in [-0.1, -0.05) is 12.1 Å². The topological polar surface area (TPSA) is 9.23 Å². The highest BCUT2D eigenvalue weighted by atomic mass is 19.1. The molecule has 1 rings (SSSR count). The summed E-state index contributed by atoms with van der Waals surface area (Å²) >= 11 is 0. The Hall–Kier alpha value is -1.06. The van der Waals surface area contributed by atoms with Crippen LogP contribution in [0.3, 0.4) is 0 Å². The molecule has 0 N–H and O–H groups in total. The lowest BCUT2D eigenvalue weighted by Crippen LogP contribution is -2.06. The molecule has 1 nitrogen and oxygen atoms in total. The summed E-state index contributed by atoms with van der Waals surface area (Å²) in [5.41, 5.74) is 0.0424. The van der Waals surface area contributed by atoms with E-state index in [0.717, 1.165) is 12.1 Å². The number of halogens is 2. The van der Waals surface area contributed by atoms with Gasteiger partial charge in [-0.15, -0.1) is 0 Å². The van der Waals surface area contributed by atoms with Crippen LogP contribution in [0.15, 0.2) is 12.1 Å². The van der Waals surface area contributed by atoms with Crippen LogP contribution in [0.25, 0.3) is 0 Å². The summed E-state index contributed by atoms with van der Waals surface area (Å²) in [5.74, 6) is -1.98. The van der Waals surface area contributed by atoms with Crippen LogP contribution < -0.4 is 10.2 Å². The van der Waals surface area contributed by atoms with Gasteiger partial charge < -0.3 is 18.0 Å². The molecule has 0 fully saturated rings. The maximum Gasteiger partial charge on any atom is 0.190 e. The summed E-state index contributed by atoms with van der Waals surface area (Å²) in [7, 11) is 6.34. The van der Waals surface area contributed by atoms with Gasteiger partial charge in [-0.3, -0.25) is 0 Å². The molecule has 0 aliphatic carbocycles. The van der Waals surface area contributed by atoms with Gasteiger partial charge in [0.15, 0.2) is 17.4 Å². The number of rotatable bonds is 1. The molecule has 0 aromatic heterocycles. The van der Waals surface area contributed by atoms with Gasteiger partial charge in [-0.25, -0.2) is 8.78 Å². The Morgan fingerprint density at radius 3 is 2.09 bits per heavy atom. The predicted molar refractivity (Wildman–Crippen MR) is 38.3 cm³/mol. The van der Waals surface area contributed by atoms with Crippen LogP contribution >= 0.6 is 0 Å². The second-order valence-electron chi connectivity index (χ2n) is 2.02. The summed E-state index contributed by atoms with van der Waals surface area (Å²) in [6.07, 6.45) is 0. The Morgan fingerprint density at radius 2 is 1.73 bits per heavy atom. The normalized spacial score (nSPS) is 9.82. The summed E-state index contributed by atoms with van der Waals surface area (Å²) in [5, 5.41) is 0. The van der Waals surface area contributed by atoms with E-state index in [9.17, 15) is 8.78 Å². The molecule has 11 heavy (non-hydrogen) atoms. The van der Waals surface area contributed by atoms with E-state index in [1.54, 1.807) is 0 Å². The third-order valence-corrected chi connectivity index (χ3v) is 1.22. The van der Waals surface area contributed by atoms with Crippen LogP contribution in [-0.4, -0.2) is 15.0 Å². The maximum absolute atomic E-state index is 12.7. The van der Waals surface area contributed by atoms with Gasteiger partial charge in [0.25, 0.3) is 0 Å². The minimum atomic E-state index is -0.787. The molecule has 57 valence electrons. The fraction of sp³-hybridized carbons (Fsp3) is 0.143. The summed E-state index contributed by atoms with van der Waals surface area (Å²) in [6, 6.07) is 2.00. The molecule has 0 unspecified atom stereocenters. The summed E-state index contributed by atoms with van der Waals surface area (Å²) in [4.78, 5) is 0. The minimum Gasteiger partial charge on any atom is -0.580 e. The van der Waals surface area contributed by atoms with E-state index in [1.165, 1.54) is 7.11 Å². The molecule has 0 atom stereocenters. The quantitative estimate of drug-likeness (QED) is 0.542. The largest absolute Gasteiger partial charge is 0.580 e. The molecule has 0 aliphatic rings. The third-order valence-electron chi connectivity index (χ3n) is 1.22. The molecule has 0 saturated carbocycles. The number of hydrogen-bond acceptors (Lipinski definition) is 1. The Labute approximate surface area is 64.4 Å². The van der Waals surface area contributed by atoms with Crippen LogP contribution in [0, 0.1) is 11.6 Å². The zero-order valence-corrected chi connectivity index (χ0v) is 5.90. The molecule has 3 radical (unpaired) electrons. The fourth-order valence-corrected chi connectivity index (χ4v) is 0.774. The van der Waals surface area contributed by atoms with Crippen LogP contribution in [0.2, 0.25) is 0 Å². The standard InChI is InChI=1S/C7H5BF2O/c1-11-7-5(9)2-4(8)3-6(7)10/h2-3H,1H3/q-1. The number of hydrogen-bond donors (Lipinski definition) is 0. The third kappa shape index (κ3) is 1.50. The maximum atomic E-state index is 12.7. The van der Waals surface area contributed by atoms with Gasteiger partial charge in [0, 0.05) is 0 Å². The van der Waals surface area contributed by atoms with Crippen molar-refractivity contribution in [3.05, 3.63) is 23.8 Å². The second-order valence-corrected chi connectivity index (χ2v) is 2.02.